The lowest BCUT2D eigenvalue weighted by atomic mass is 10.1. The van der Waals surface area contributed by atoms with Crippen LogP contribution in [0.15, 0.2) is 60.7 Å². The molecule has 0 aliphatic carbocycles. The Balaban J connectivity index is 0.000000747. The Hall–Kier alpha value is -2.08. The van der Waals surface area contributed by atoms with Gasteiger partial charge in [0.2, 0.25) is 0 Å². The SMILES string of the molecule is CC[NH+](CC)CCO.O=C([O-])N(CCc1ccccc1)CCc1ccccc1.[Cl-]. The van der Waals surface area contributed by atoms with Crippen molar-refractivity contribution in [1.82, 2.24) is 4.90 Å². The van der Waals surface area contributed by atoms with E-state index in [1.165, 1.54) is 9.80 Å². The third-order valence-electron chi connectivity index (χ3n) is 4.75. The molecule has 162 valence electrons. The monoisotopic (exact) mass is 421 g/mol. The van der Waals surface area contributed by atoms with Gasteiger partial charge in [-0.3, -0.25) is 0 Å². The lowest BCUT2D eigenvalue weighted by molar-refractivity contribution is -0.896. The van der Waals surface area contributed by atoms with Crippen molar-refractivity contribution in [3.63, 3.8) is 0 Å². The zero-order valence-electron chi connectivity index (χ0n) is 17.5. The zero-order chi connectivity index (χ0) is 20.6. The summed E-state index contributed by atoms with van der Waals surface area (Å²) in [6, 6.07) is 19.8. The molecular weight excluding hydrogens is 388 g/mol. The second kappa shape index (κ2) is 16.8. The summed E-state index contributed by atoms with van der Waals surface area (Å²) in [5.41, 5.74) is 2.27. The van der Waals surface area contributed by atoms with Gasteiger partial charge in [-0.05, 0) is 37.8 Å². The van der Waals surface area contributed by atoms with Crippen molar-refractivity contribution in [1.29, 1.82) is 0 Å². The highest BCUT2D eigenvalue weighted by atomic mass is 35.5. The minimum atomic E-state index is -1.10. The van der Waals surface area contributed by atoms with Gasteiger partial charge in [0.15, 0.2) is 0 Å². The molecule has 29 heavy (non-hydrogen) atoms. The van der Waals surface area contributed by atoms with Crippen molar-refractivity contribution in [3.05, 3.63) is 71.8 Å². The van der Waals surface area contributed by atoms with Crippen molar-refractivity contribution in [2.45, 2.75) is 26.7 Å². The number of hydrogen-bond donors (Lipinski definition) is 2. The van der Waals surface area contributed by atoms with Crippen molar-refractivity contribution >= 4 is 6.09 Å². The fourth-order valence-corrected chi connectivity index (χ4v) is 2.87. The smallest absolute Gasteiger partial charge is 0.136 e. The lowest BCUT2D eigenvalue weighted by Crippen LogP contribution is -3.11. The summed E-state index contributed by atoms with van der Waals surface area (Å²) >= 11 is 0. The molecule has 2 aromatic rings. The number of benzene rings is 2. The Morgan fingerprint density at radius 1 is 0.897 bits per heavy atom. The number of rotatable bonds is 10. The third kappa shape index (κ3) is 12.2. The highest BCUT2D eigenvalue weighted by molar-refractivity contribution is 5.62. The van der Waals surface area contributed by atoms with E-state index in [1.54, 1.807) is 0 Å². The zero-order valence-corrected chi connectivity index (χ0v) is 18.3. The number of aliphatic hydroxyl groups is 1. The average molecular weight is 422 g/mol. The van der Waals surface area contributed by atoms with Crippen LogP contribution >= 0.6 is 0 Å². The summed E-state index contributed by atoms with van der Waals surface area (Å²) in [7, 11) is 0. The van der Waals surface area contributed by atoms with Crippen LogP contribution in [0.3, 0.4) is 0 Å². The molecule has 0 radical (unpaired) electrons. The molecule has 0 aliphatic heterocycles. The van der Waals surface area contributed by atoms with Crippen LogP contribution in [0, 0.1) is 0 Å². The number of quaternary nitrogens is 1. The maximum atomic E-state index is 11.2. The molecule has 2 aromatic carbocycles. The topological polar surface area (TPSA) is 68.0 Å². The van der Waals surface area contributed by atoms with Gasteiger partial charge in [0.1, 0.15) is 12.6 Å². The van der Waals surface area contributed by atoms with Gasteiger partial charge < -0.3 is 37.2 Å². The first-order valence-corrected chi connectivity index (χ1v) is 10.1. The Morgan fingerprint density at radius 3 is 1.59 bits per heavy atom. The van der Waals surface area contributed by atoms with Gasteiger partial charge in [-0.1, -0.05) is 60.7 Å². The first-order chi connectivity index (χ1) is 13.6. The number of carbonyl (C=O) groups excluding carboxylic acids is 1. The molecule has 0 saturated heterocycles. The van der Waals surface area contributed by atoms with Crippen molar-refractivity contribution in [2.75, 3.05) is 39.3 Å². The van der Waals surface area contributed by atoms with Gasteiger partial charge in [0, 0.05) is 13.1 Å². The van der Waals surface area contributed by atoms with E-state index in [2.05, 4.69) is 13.8 Å². The summed E-state index contributed by atoms with van der Waals surface area (Å²) < 4.78 is 0. The number of likely N-dealkylation sites (N-methyl/N-ethyl adjacent to an activating group) is 1. The number of nitrogens with zero attached hydrogens (tertiary/aromatic N) is 1. The number of amides is 1. The quantitative estimate of drug-likeness (QED) is 0.467. The predicted octanol–water partition coefficient (Wildman–Crippen LogP) is -1.98. The molecule has 6 heteroatoms. The summed E-state index contributed by atoms with van der Waals surface area (Å²) in [5, 5.41) is 19.6. The number of carboxylic acid groups (broad SMARTS) is 1. The molecule has 0 bridgehead atoms. The Labute approximate surface area is 181 Å². The van der Waals surface area contributed by atoms with Crippen LogP contribution in [-0.4, -0.2) is 55.4 Å². The number of halogens is 1. The largest absolute Gasteiger partial charge is 1.00 e. The molecule has 2 rings (SSSR count). The van der Waals surface area contributed by atoms with Gasteiger partial charge in [0.05, 0.1) is 19.7 Å². The first-order valence-electron chi connectivity index (χ1n) is 10.1. The second-order valence-electron chi connectivity index (χ2n) is 6.65. The van der Waals surface area contributed by atoms with E-state index >= 15 is 0 Å². The van der Waals surface area contributed by atoms with E-state index in [0.29, 0.717) is 32.5 Å². The van der Waals surface area contributed by atoms with Crippen LogP contribution in [0.25, 0.3) is 0 Å². The number of aliphatic hydroxyl groups excluding tert-OH is 1. The molecule has 1 amide bonds. The molecule has 0 fully saturated rings. The lowest BCUT2D eigenvalue weighted by Gasteiger charge is -2.25. The predicted molar refractivity (Wildman–Crippen MR) is 111 cm³/mol. The van der Waals surface area contributed by atoms with Gasteiger partial charge >= 0.3 is 0 Å². The molecule has 0 aliphatic rings. The molecule has 5 nitrogen and oxygen atoms in total. The molecule has 0 heterocycles. The Kier molecular flexibility index (Phi) is 15.6. The minimum absolute atomic E-state index is 0. The summed E-state index contributed by atoms with van der Waals surface area (Å²) in [4.78, 5) is 14.0. The molecular formula is C23H34ClN2O3-. The van der Waals surface area contributed by atoms with Crippen LogP contribution in [0.4, 0.5) is 4.79 Å². The molecule has 0 aromatic heterocycles. The van der Waals surface area contributed by atoms with E-state index < -0.39 is 6.09 Å². The van der Waals surface area contributed by atoms with E-state index in [1.807, 2.05) is 60.7 Å². The highest BCUT2D eigenvalue weighted by Crippen LogP contribution is 2.04. The van der Waals surface area contributed by atoms with Gasteiger partial charge in [-0.2, -0.15) is 0 Å². The van der Waals surface area contributed by atoms with E-state index in [0.717, 1.165) is 30.8 Å². The molecule has 0 unspecified atom stereocenters. The van der Waals surface area contributed by atoms with Gasteiger partial charge in [-0.15, -0.1) is 0 Å². The van der Waals surface area contributed by atoms with Gasteiger partial charge in [0.25, 0.3) is 0 Å². The van der Waals surface area contributed by atoms with Crippen LogP contribution in [0.2, 0.25) is 0 Å². The molecule has 0 saturated carbocycles. The van der Waals surface area contributed by atoms with Crippen LogP contribution in [-0.2, 0) is 12.8 Å². The summed E-state index contributed by atoms with van der Waals surface area (Å²) in [5.74, 6) is 0. The second-order valence-corrected chi connectivity index (χ2v) is 6.65. The normalized spacial score (nSPS) is 9.93. The van der Waals surface area contributed by atoms with Crippen LogP contribution in [0.1, 0.15) is 25.0 Å². The van der Waals surface area contributed by atoms with Crippen molar-refractivity contribution in [2.24, 2.45) is 0 Å². The number of carbonyl (C=O) groups is 1. The van der Waals surface area contributed by atoms with Crippen molar-refractivity contribution < 1.29 is 32.3 Å². The fraction of sp³-hybridized carbons (Fsp3) is 0.435. The van der Waals surface area contributed by atoms with Crippen LogP contribution < -0.4 is 22.4 Å². The summed E-state index contributed by atoms with van der Waals surface area (Å²) in [6.07, 6.45) is 0.324. The standard InChI is InChI=1S/C17H19NO2.C6H15NO.ClH/c19-17(20)18(13-11-15-7-3-1-4-8-15)14-12-16-9-5-2-6-10-16;1-3-7(4-2)5-6-8;/h1-10H,11-14H2,(H,19,20);8H,3-6H2,1-2H3;1H/p-1. The maximum Gasteiger partial charge on any atom is 0.136 e. The Bertz CT molecular complexity index is 594. The number of hydrogen-bond acceptors (Lipinski definition) is 3. The minimum Gasteiger partial charge on any atom is -1.00 e. The molecule has 0 atom stereocenters. The third-order valence-corrected chi connectivity index (χ3v) is 4.75. The highest BCUT2D eigenvalue weighted by Gasteiger charge is 2.05. The number of nitrogens with one attached hydrogen (secondary N) is 1. The molecule has 2 N–H and O–H groups in total. The van der Waals surface area contributed by atoms with Crippen molar-refractivity contribution in [3.8, 4) is 0 Å². The van der Waals surface area contributed by atoms with E-state index in [9.17, 15) is 9.90 Å². The van der Waals surface area contributed by atoms with E-state index in [-0.39, 0.29) is 12.4 Å². The summed E-state index contributed by atoms with van der Waals surface area (Å²) in [6.45, 7) is 8.67. The maximum absolute atomic E-state index is 11.2. The molecule has 0 spiro atoms. The van der Waals surface area contributed by atoms with Gasteiger partial charge in [-0.25, -0.2) is 0 Å². The average Bonchev–Trinajstić information content (AvgIpc) is 2.73. The van der Waals surface area contributed by atoms with E-state index in [4.69, 9.17) is 5.11 Å². The first kappa shape index (κ1) is 26.9. The van der Waals surface area contributed by atoms with Crippen LogP contribution in [0.5, 0.6) is 0 Å². The Morgan fingerprint density at radius 2 is 1.31 bits per heavy atom. The fourth-order valence-electron chi connectivity index (χ4n) is 2.87.